The predicted octanol–water partition coefficient (Wildman–Crippen LogP) is 2.69. The molecular weight excluding hydrogens is 306 g/mol. The number of nitrogens with zero attached hydrogens (tertiary/aromatic N) is 2. The first kappa shape index (κ1) is 17.7. The monoisotopic (exact) mass is 329 g/mol. The van der Waals surface area contributed by atoms with Crippen molar-refractivity contribution in [2.24, 2.45) is 0 Å². The van der Waals surface area contributed by atoms with Crippen LogP contribution in [0.15, 0.2) is 30.3 Å². The third-order valence-corrected chi connectivity index (χ3v) is 3.21. The number of nitrogens with one attached hydrogen (secondary N) is 1. The molecule has 0 aliphatic heterocycles. The number of carbonyl (C=O) groups excluding carboxylic acids is 1. The summed E-state index contributed by atoms with van der Waals surface area (Å²) in [6, 6.07) is 9.35. The van der Waals surface area contributed by atoms with Gasteiger partial charge in [0.25, 0.3) is 0 Å². The summed E-state index contributed by atoms with van der Waals surface area (Å²) in [5.74, 6) is 1.09. The zero-order chi connectivity index (χ0) is 17.4. The van der Waals surface area contributed by atoms with Gasteiger partial charge in [-0.3, -0.25) is 4.79 Å². The lowest BCUT2D eigenvalue weighted by molar-refractivity contribution is -0.142. The number of rotatable bonds is 8. The van der Waals surface area contributed by atoms with Gasteiger partial charge in [0.05, 0.1) is 19.6 Å². The topological polar surface area (TPSA) is 73.3 Å². The average Bonchev–Trinajstić information content (AvgIpc) is 2.53. The van der Waals surface area contributed by atoms with Crippen molar-refractivity contribution in [3.8, 4) is 5.75 Å². The SMILES string of the molecule is CCOc1ccc(CC(=O)OCCNc2nc(C)cc(C)n2)cc1. The minimum Gasteiger partial charge on any atom is -0.494 e. The molecule has 1 heterocycles. The first-order valence-electron chi connectivity index (χ1n) is 8.00. The molecule has 0 saturated heterocycles. The molecular formula is C18H23N3O3. The number of ether oxygens (including phenoxy) is 2. The van der Waals surface area contributed by atoms with E-state index in [1.165, 1.54) is 0 Å². The summed E-state index contributed by atoms with van der Waals surface area (Å²) >= 11 is 0. The van der Waals surface area contributed by atoms with Gasteiger partial charge in [0.1, 0.15) is 12.4 Å². The molecule has 2 aromatic rings. The molecule has 0 aliphatic rings. The lowest BCUT2D eigenvalue weighted by Crippen LogP contribution is -2.16. The van der Waals surface area contributed by atoms with Crippen molar-refractivity contribution in [2.45, 2.75) is 27.2 Å². The summed E-state index contributed by atoms with van der Waals surface area (Å²) in [7, 11) is 0. The number of benzene rings is 1. The van der Waals surface area contributed by atoms with Crippen LogP contribution in [-0.4, -0.2) is 35.7 Å². The zero-order valence-corrected chi connectivity index (χ0v) is 14.3. The second-order valence-corrected chi connectivity index (χ2v) is 5.38. The van der Waals surface area contributed by atoms with E-state index in [0.29, 0.717) is 19.1 Å². The lowest BCUT2D eigenvalue weighted by Gasteiger charge is -2.08. The van der Waals surface area contributed by atoms with Crippen molar-refractivity contribution in [3.05, 3.63) is 47.3 Å². The maximum absolute atomic E-state index is 11.8. The number of aryl methyl sites for hydroxylation is 2. The summed E-state index contributed by atoms with van der Waals surface area (Å²) in [5.41, 5.74) is 2.70. The van der Waals surface area contributed by atoms with E-state index in [2.05, 4.69) is 15.3 Å². The van der Waals surface area contributed by atoms with Crippen molar-refractivity contribution in [1.82, 2.24) is 9.97 Å². The predicted molar refractivity (Wildman–Crippen MR) is 92.3 cm³/mol. The van der Waals surface area contributed by atoms with Crippen molar-refractivity contribution in [3.63, 3.8) is 0 Å². The van der Waals surface area contributed by atoms with Crippen LogP contribution >= 0.6 is 0 Å². The van der Waals surface area contributed by atoms with E-state index in [9.17, 15) is 4.79 Å². The van der Waals surface area contributed by atoms with Gasteiger partial charge in [-0.25, -0.2) is 9.97 Å². The number of anilines is 1. The molecule has 0 atom stereocenters. The summed E-state index contributed by atoms with van der Waals surface area (Å²) in [6.45, 7) is 7.12. The Morgan fingerprint density at radius 1 is 1.12 bits per heavy atom. The molecule has 0 bridgehead atoms. The Balaban J connectivity index is 1.71. The van der Waals surface area contributed by atoms with Crippen LogP contribution in [0.5, 0.6) is 5.75 Å². The molecule has 6 heteroatoms. The van der Waals surface area contributed by atoms with Crippen LogP contribution in [0.2, 0.25) is 0 Å². The highest BCUT2D eigenvalue weighted by Crippen LogP contribution is 2.12. The second-order valence-electron chi connectivity index (χ2n) is 5.38. The van der Waals surface area contributed by atoms with Gasteiger partial charge in [-0.15, -0.1) is 0 Å². The van der Waals surface area contributed by atoms with E-state index in [-0.39, 0.29) is 19.0 Å². The Morgan fingerprint density at radius 2 is 1.79 bits per heavy atom. The Labute approximate surface area is 142 Å². The molecule has 0 spiro atoms. The Morgan fingerprint density at radius 3 is 2.42 bits per heavy atom. The quantitative estimate of drug-likeness (QED) is 0.593. The Hall–Kier alpha value is -2.63. The smallest absolute Gasteiger partial charge is 0.310 e. The molecule has 2 rings (SSSR count). The highest BCUT2D eigenvalue weighted by atomic mass is 16.5. The summed E-state index contributed by atoms with van der Waals surface area (Å²) in [5, 5.41) is 3.05. The van der Waals surface area contributed by atoms with E-state index < -0.39 is 0 Å². The van der Waals surface area contributed by atoms with Gasteiger partial charge in [0.2, 0.25) is 5.95 Å². The molecule has 0 unspecified atom stereocenters. The molecule has 0 fully saturated rings. The van der Waals surface area contributed by atoms with Crippen LogP contribution in [0, 0.1) is 13.8 Å². The zero-order valence-electron chi connectivity index (χ0n) is 14.3. The Kier molecular flexibility index (Phi) is 6.54. The van der Waals surface area contributed by atoms with Crippen LogP contribution in [0.1, 0.15) is 23.9 Å². The molecule has 6 nitrogen and oxygen atoms in total. The molecule has 1 aromatic carbocycles. The number of aromatic nitrogens is 2. The molecule has 0 radical (unpaired) electrons. The first-order chi connectivity index (χ1) is 11.6. The third-order valence-electron chi connectivity index (χ3n) is 3.21. The molecule has 1 N–H and O–H groups in total. The third kappa shape index (κ3) is 5.87. The van der Waals surface area contributed by atoms with Crippen molar-refractivity contribution in [1.29, 1.82) is 0 Å². The first-order valence-corrected chi connectivity index (χ1v) is 8.00. The average molecular weight is 329 g/mol. The van der Waals surface area contributed by atoms with Gasteiger partial charge in [0, 0.05) is 11.4 Å². The fourth-order valence-electron chi connectivity index (χ4n) is 2.22. The standard InChI is InChI=1S/C18H23N3O3/c1-4-23-16-7-5-15(6-8-16)12-17(22)24-10-9-19-18-20-13(2)11-14(3)21-18/h5-8,11H,4,9-10,12H2,1-3H3,(H,19,20,21). The number of hydrogen-bond donors (Lipinski definition) is 1. The number of carbonyl (C=O) groups is 1. The van der Waals surface area contributed by atoms with E-state index in [1.807, 2.05) is 51.1 Å². The number of hydrogen-bond acceptors (Lipinski definition) is 6. The highest BCUT2D eigenvalue weighted by molar-refractivity contribution is 5.72. The second kappa shape index (κ2) is 8.86. The van der Waals surface area contributed by atoms with Gasteiger partial charge in [0.15, 0.2) is 0 Å². The van der Waals surface area contributed by atoms with Crippen LogP contribution in [0.3, 0.4) is 0 Å². The minimum absolute atomic E-state index is 0.243. The molecule has 1 aromatic heterocycles. The van der Waals surface area contributed by atoms with Gasteiger partial charge in [-0.2, -0.15) is 0 Å². The van der Waals surface area contributed by atoms with Gasteiger partial charge >= 0.3 is 5.97 Å². The maximum atomic E-state index is 11.8. The Bertz CT molecular complexity index is 651. The molecule has 0 amide bonds. The number of esters is 1. The van der Waals surface area contributed by atoms with Crippen LogP contribution in [0.25, 0.3) is 0 Å². The van der Waals surface area contributed by atoms with Crippen LogP contribution in [0.4, 0.5) is 5.95 Å². The van der Waals surface area contributed by atoms with Crippen molar-refractivity contribution < 1.29 is 14.3 Å². The van der Waals surface area contributed by atoms with E-state index in [4.69, 9.17) is 9.47 Å². The fraction of sp³-hybridized carbons (Fsp3) is 0.389. The summed E-state index contributed by atoms with van der Waals surface area (Å²) < 4.78 is 10.6. The molecule has 128 valence electrons. The largest absolute Gasteiger partial charge is 0.494 e. The normalized spacial score (nSPS) is 10.3. The summed E-state index contributed by atoms with van der Waals surface area (Å²) in [6.07, 6.45) is 0.243. The summed E-state index contributed by atoms with van der Waals surface area (Å²) in [4.78, 5) is 20.4. The van der Waals surface area contributed by atoms with Crippen LogP contribution < -0.4 is 10.1 Å². The van der Waals surface area contributed by atoms with E-state index in [1.54, 1.807) is 0 Å². The minimum atomic E-state index is -0.262. The van der Waals surface area contributed by atoms with Gasteiger partial charge in [-0.05, 0) is 44.5 Å². The van der Waals surface area contributed by atoms with E-state index >= 15 is 0 Å². The maximum Gasteiger partial charge on any atom is 0.310 e. The molecule has 0 aliphatic carbocycles. The molecule has 24 heavy (non-hydrogen) atoms. The van der Waals surface area contributed by atoms with E-state index in [0.717, 1.165) is 22.7 Å². The lowest BCUT2D eigenvalue weighted by atomic mass is 10.1. The highest BCUT2D eigenvalue weighted by Gasteiger charge is 2.05. The van der Waals surface area contributed by atoms with Gasteiger partial charge in [-0.1, -0.05) is 12.1 Å². The van der Waals surface area contributed by atoms with Crippen LogP contribution in [-0.2, 0) is 16.0 Å². The van der Waals surface area contributed by atoms with Crippen molar-refractivity contribution >= 4 is 11.9 Å². The fourth-order valence-corrected chi connectivity index (χ4v) is 2.22. The molecule has 0 saturated carbocycles. The van der Waals surface area contributed by atoms with Crippen molar-refractivity contribution in [2.75, 3.05) is 25.1 Å². The van der Waals surface area contributed by atoms with Gasteiger partial charge < -0.3 is 14.8 Å².